The van der Waals surface area contributed by atoms with E-state index >= 15 is 0 Å². The van der Waals surface area contributed by atoms with Gasteiger partial charge in [-0.1, -0.05) is 30.3 Å². The van der Waals surface area contributed by atoms with Crippen molar-refractivity contribution in [1.29, 1.82) is 5.26 Å². The van der Waals surface area contributed by atoms with Gasteiger partial charge in [0.15, 0.2) is 17.3 Å². The monoisotopic (exact) mass is 474 g/mol. The predicted molar refractivity (Wildman–Crippen MR) is 132 cm³/mol. The Morgan fingerprint density at radius 1 is 1.00 bits per heavy atom. The number of carbonyl (C=O) groups excluding carboxylic acids is 1. The first-order valence-corrected chi connectivity index (χ1v) is 11.3. The van der Waals surface area contributed by atoms with Crippen LogP contribution >= 0.6 is 0 Å². The van der Waals surface area contributed by atoms with Gasteiger partial charge in [-0.3, -0.25) is 9.80 Å². The van der Waals surface area contributed by atoms with E-state index in [1.165, 1.54) is 0 Å². The molecule has 2 aromatic rings. The number of ketones is 1. The Kier molecular flexibility index (Phi) is 6.72. The molecule has 0 saturated carbocycles. The lowest BCUT2D eigenvalue weighted by atomic mass is 9.72. The topological polar surface area (TPSA) is 101 Å². The quantitative estimate of drug-likeness (QED) is 0.677. The van der Waals surface area contributed by atoms with E-state index in [9.17, 15) is 10.1 Å². The van der Waals surface area contributed by atoms with Crippen molar-refractivity contribution in [3.63, 3.8) is 0 Å². The van der Waals surface area contributed by atoms with E-state index in [2.05, 4.69) is 6.07 Å². The van der Waals surface area contributed by atoms with Gasteiger partial charge in [0.05, 0.1) is 38.9 Å². The van der Waals surface area contributed by atoms with Crippen LogP contribution in [0.15, 0.2) is 65.1 Å². The van der Waals surface area contributed by atoms with E-state index in [0.29, 0.717) is 47.0 Å². The van der Waals surface area contributed by atoms with Crippen LogP contribution in [-0.2, 0) is 4.79 Å². The van der Waals surface area contributed by atoms with Gasteiger partial charge in [0.2, 0.25) is 0 Å². The third-order valence-corrected chi connectivity index (χ3v) is 6.66. The Labute approximate surface area is 205 Å². The summed E-state index contributed by atoms with van der Waals surface area (Å²) in [7, 11) is 8.32. The number of carbonyl (C=O) groups is 1. The van der Waals surface area contributed by atoms with Crippen LogP contribution in [0, 0.1) is 11.3 Å². The van der Waals surface area contributed by atoms with Gasteiger partial charge in [0.25, 0.3) is 0 Å². The average molecular weight is 475 g/mol. The van der Waals surface area contributed by atoms with Crippen molar-refractivity contribution in [3.8, 4) is 23.3 Å². The molecule has 4 rings (SSSR count). The van der Waals surface area contributed by atoms with Crippen LogP contribution < -0.4 is 19.9 Å². The molecule has 2 N–H and O–H groups in total. The number of hydrogen-bond donors (Lipinski definition) is 1. The molecule has 2 atom stereocenters. The van der Waals surface area contributed by atoms with Gasteiger partial charge in [0.1, 0.15) is 11.6 Å². The van der Waals surface area contributed by atoms with Crippen molar-refractivity contribution in [2.45, 2.75) is 24.7 Å². The van der Waals surface area contributed by atoms with Crippen LogP contribution in [0.4, 0.5) is 0 Å². The molecule has 8 nitrogen and oxygen atoms in total. The second-order valence-electron chi connectivity index (χ2n) is 8.75. The molecule has 0 amide bonds. The number of Topliss-reactive ketones (excluding diaryl/α,β-unsaturated/α-hetero) is 1. The highest BCUT2D eigenvalue weighted by Crippen LogP contribution is 2.51. The van der Waals surface area contributed by atoms with E-state index in [1.807, 2.05) is 49.4 Å². The number of methoxy groups -OCH3 is 3. The zero-order valence-corrected chi connectivity index (χ0v) is 20.7. The van der Waals surface area contributed by atoms with Crippen molar-refractivity contribution in [1.82, 2.24) is 10.0 Å². The minimum atomic E-state index is -0.690. The SMILES string of the molecule is COc1cc(OC)c([C@@H]2C(C#N)=C(N)N(N(C)C)C3=C2C(=O)C[C@H](c2ccccc2)C3)cc1OC. The predicted octanol–water partition coefficient (Wildman–Crippen LogP) is 3.68. The molecule has 0 unspecified atom stereocenters. The van der Waals surface area contributed by atoms with Crippen molar-refractivity contribution in [3.05, 3.63) is 76.3 Å². The third kappa shape index (κ3) is 4.08. The number of rotatable bonds is 6. The van der Waals surface area contributed by atoms with E-state index in [1.54, 1.807) is 38.5 Å². The third-order valence-electron chi connectivity index (χ3n) is 6.66. The summed E-state index contributed by atoms with van der Waals surface area (Å²) in [5.41, 5.74) is 9.97. The van der Waals surface area contributed by atoms with Crippen molar-refractivity contribution in [2.24, 2.45) is 5.73 Å². The van der Waals surface area contributed by atoms with Crippen molar-refractivity contribution in [2.75, 3.05) is 35.4 Å². The summed E-state index contributed by atoms with van der Waals surface area (Å²) in [4.78, 5) is 13.8. The van der Waals surface area contributed by atoms with Crippen molar-refractivity contribution >= 4 is 5.78 Å². The van der Waals surface area contributed by atoms with Crippen LogP contribution in [0.1, 0.15) is 35.8 Å². The van der Waals surface area contributed by atoms with Gasteiger partial charge in [-0.15, -0.1) is 0 Å². The fraction of sp³-hybridized carbons (Fsp3) is 0.333. The minimum absolute atomic E-state index is 0.00860. The highest BCUT2D eigenvalue weighted by molar-refractivity contribution is 6.00. The number of nitrogens with zero attached hydrogens (tertiary/aromatic N) is 3. The molecule has 0 aromatic heterocycles. The maximum Gasteiger partial charge on any atom is 0.164 e. The molecule has 0 radical (unpaired) electrons. The second kappa shape index (κ2) is 9.72. The molecule has 8 heteroatoms. The van der Waals surface area contributed by atoms with E-state index in [4.69, 9.17) is 19.9 Å². The summed E-state index contributed by atoms with van der Waals surface area (Å²) in [5, 5.41) is 13.8. The highest BCUT2D eigenvalue weighted by atomic mass is 16.5. The minimum Gasteiger partial charge on any atom is -0.496 e. The number of hydrogen-bond acceptors (Lipinski definition) is 8. The molecule has 2 aliphatic rings. The standard InChI is InChI=1S/C27H30N4O4/c1-30(2)31-20-11-17(16-9-7-6-8-10-16)12-21(32)26(20)25(19(15-28)27(31)29)18-13-23(34-4)24(35-5)14-22(18)33-3/h6-10,13-14,17,25H,11-12,29H2,1-5H3/t17-,25-/m1/s1. The number of allylic oxidation sites excluding steroid dienone is 3. The maximum absolute atomic E-state index is 13.8. The zero-order valence-electron chi connectivity index (χ0n) is 20.7. The van der Waals surface area contributed by atoms with Crippen LogP contribution in [0.3, 0.4) is 0 Å². The number of ether oxygens (including phenoxy) is 3. The average Bonchev–Trinajstić information content (AvgIpc) is 2.87. The lowest BCUT2D eigenvalue weighted by Gasteiger charge is -2.44. The molecule has 182 valence electrons. The van der Waals surface area contributed by atoms with Gasteiger partial charge in [0, 0.05) is 43.4 Å². The number of nitrogens with two attached hydrogens (primary N) is 1. The van der Waals surface area contributed by atoms with Crippen LogP contribution in [0.5, 0.6) is 17.2 Å². The summed E-state index contributed by atoms with van der Waals surface area (Å²) < 4.78 is 16.6. The maximum atomic E-state index is 13.8. The normalized spacial score (nSPS) is 20.0. The summed E-state index contributed by atoms with van der Waals surface area (Å²) in [6.45, 7) is 0. The summed E-state index contributed by atoms with van der Waals surface area (Å²) >= 11 is 0. The molecular formula is C27H30N4O4. The van der Waals surface area contributed by atoms with Crippen molar-refractivity contribution < 1.29 is 19.0 Å². The Balaban J connectivity index is 1.96. The summed E-state index contributed by atoms with van der Waals surface area (Å²) in [6, 6.07) is 15.8. The first kappa shape index (κ1) is 24.2. The largest absolute Gasteiger partial charge is 0.496 e. The van der Waals surface area contributed by atoms with E-state index in [-0.39, 0.29) is 17.3 Å². The molecule has 0 fully saturated rings. The van der Waals surface area contributed by atoms with Gasteiger partial charge >= 0.3 is 0 Å². The lowest BCUT2D eigenvalue weighted by molar-refractivity contribution is -0.117. The first-order chi connectivity index (χ1) is 16.9. The molecule has 0 bridgehead atoms. The number of benzene rings is 2. The Morgan fingerprint density at radius 2 is 1.63 bits per heavy atom. The Morgan fingerprint density at radius 3 is 2.20 bits per heavy atom. The first-order valence-electron chi connectivity index (χ1n) is 11.3. The fourth-order valence-electron chi connectivity index (χ4n) is 5.12. The highest BCUT2D eigenvalue weighted by Gasteiger charge is 2.44. The Hall–Kier alpha value is -3.96. The number of hydrazine groups is 1. The molecule has 0 spiro atoms. The Bertz CT molecular complexity index is 1240. The van der Waals surface area contributed by atoms with E-state index < -0.39 is 5.92 Å². The molecule has 1 aliphatic carbocycles. The zero-order chi connectivity index (χ0) is 25.3. The van der Waals surface area contributed by atoms with Gasteiger partial charge in [-0.2, -0.15) is 5.26 Å². The number of nitriles is 1. The molecule has 1 aliphatic heterocycles. The molecule has 0 saturated heterocycles. The fourth-order valence-corrected chi connectivity index (χ4v) is 5.12. The van der Waals surface area contributed by atoms with Gasteiger partial charge in [-0.05, 0) is 24.0 Å². The molecule has 2 aromatic carbocycles. The molecular weight excluding hydrogens is 444 g/mol. The van der Waals surface area contributed by atoms with Crippen LogP contribution in [0.2, 0.25) is 0 Å². The lowest BCUT2D eigenvalue weighted by Crippen LogP contribution is -2.46. The molecule has 35 heavy (non-hydrogen) atoms. The van der Waals surface area contributed by atoms with Crippen LogP contribution in [0.25, 0.3) is 0 Å². The second-order valence-corrected chi connectivity index (χ2v) is 8.75. The van der Waals surface area contributed by atoms with E-state index in [0.717, 1.165) is 11.3 Å². The summed E-state index contributed by atoms with van der Waals surface area (Å²) in [6.07, 6.45) is 0.948. The van der Waals surface area contributed by atoms with Crippen LogP contribution in [-0.4, -0.2) is 51.2 Å². The molecule has 1 heterocycles. The summed E-state index contributed by atoms with van der Waals surface area (Å²) in [5.74, 6) is 1.04. The van der Waals surface area contributed by atoms with Gasteiger partial charge in [-0.25, -0.2) is 5.01 Å². The smallest absolute Gasteiger partial charge is 0.164 e. The van der Waals surface area contributed by atoms with Gasteiger partial charge < -0.3 is 19.9 Å².